The van der Waals surface area contributed by atoms with Gasteiger partial charge in [0.1, 0.15) is 4.34 Å². The number of pyridine rings is 1. The third-order valence-electron chi connectivity index (χ3n) is 5.39. The Morgan fingerprint density at radius 1 is 1.19 bits per heavy atom. The fraction of sp³-hybridized carbons (Fsp3) is 0.471. The molecule has 9 heteroatoms. The number of aromatic nitrogens is 2. The third-order valence-corrected chi connectivity index (χ3v) is 6.56. The molecule has 26 heavy (non-hydrogen) atoms. The predicted octanol–water partition coefficient (Wildman–Crippen LogP) is 4.67. The van der Waals surface area contributed by atoms with Crippen molar-refractivity contribution >= 4 is 39.7 Å². The minimum absolute atomic E-state index is 0.134. The maximum absolute atomic E-state index is 13.2. The maximum atomic E-state index is 13.2. The summed E-state index contributed by atoms with van der Waals surface area (Å²) in [6.07, 6.45) is 6.90. The van der Waals surface area contributed by atoms with Gasteiger partial charge in [0.05, 0.1) is 0 Å². The Bertz CT molecular complexity index is 833. The average Bonchev–Trinajstić information content (AvgIpc) is 3.19. The van der Waals surface area contributed by atoms with Gasteiger partial charge in [0.2, 0.25) is 11.9 Å². The molecule has 2 N–H and O–H groups in total. The summed E-state index contributed by atoms with van der Waals surface area (Å²) in [6, 6.07) is 2.25. The molecule has 2 fully saturated rings. The molecule has 2 aliphatic rings. The van der Waals surface area contributed by atoms with Crippen LogP contribution in [0, 0.1) is 17.3 Å². The number of halogens is 3. The van der Waals surface area contributed by atoms with Crippen molar-refractivity contribution < 1.29 is 13.6 Å². The van der Waals surface area contributed by atoms with Crippen LogP contribution in [0.5, 0.6) is 0 Å². The highest BCUT2D eigenvalue weighted by molar-refractivity contribution is 7.19. The Morgan fingerprint density at radius 3 is 2.50 bits per heavy atom. The summed E-state index contributed by atoms with van der Waals surface area (Å²) < 4.78 is 26.6. The zero-order valence-corrected chi connectivity index (χ0v) is 15.4. The van der Waals surface area contributed by atoms with Crippen LogP contribution in [-0.2, 0) is 0 Å². The van der Waals surface area contributed by atoms with Crippen LogP contribution < -0.4 is 10.6 Å². The number of carbonyl (C=O) groups is 1. The summed E-state index contributed by atoms with van der Waals surface area (Å²) in [7, 11) is 0. The molecule has 1 unspecified atom stereocenters. The minimum Gasteiger partial charge on any atom is -0.347 e. The van der Waals surface area contributed by atoms with Crippen molar-refractivity contribution in [2.75, 3.05) is 5.32 Å². The minimum atomic E-state index is -0.944. The lowest BCUT2D eigenvalue weighted by Crippen LogP contribution is -2.53. The van der Waals surface area contributed by atoms with Gasteiger partial charge in [-0.3, -0.25) is 4.79 Å². The predicted molar refractivity (Wildman–Crippen MR) is 95.9 cm³/mol. The van der Waals surface area contributed by atoms with E-state index in [1.165, 1.54) is 12.8 Å². The standard InChI is InChI=1S/C17H17ClF2N4OS/c18-14-13(15(25)22-10-3-6-17(10)4-1-2-5-17)24-16(26-14)21-9-7-11(19)23-12(20)8-9/h7-8,10H,1-6H2,(H,22,25)(H,21,23,24). The van der Waals surface area contributed by atoms with E-state index in [1.807, 2.05) is 0 Å². The summed E-state index contributed by atoms with van der Waals surface area (Å²) >= 11 is 7.20. The van der Waals surface area contributed by atoms with Gasteiger partial charge in [-0.2, -0.15) is 13.8 Å². The third kappa shape index (κ3) is 3.27. The highest BCUT2D eigenvalue weighted by atomic mass is 35.5. The zero-order chi connectivity index (χ0) is 18.3. The Hall–Kier alpha value is -1.80. The van der Waals surface area contributed by atoms with Gasteiger partial charge in [-0.05, 0) is 31.1 Å². The summed E-state index contributed by atoms with van der Waals surface area (Å²) in [6.45, 7) is 0. The number of hydrogen-bond donors (Lipinski definition) is 2. The van der Waals surface area contributed by atoms with Crippen LogP contribution in [0.15, 0.2) is 12.1 Å². The van der Waals surface area contributed by atoms with Crippen LogP contribution in [-0.4, -0.2) is 21.9 Å². The van der Waals surface area contributed by atoms with Crippen molar-refractivity contribution in [2.24, 2.45) is 5.41 Å². The lowest BCUT2D eigenvalue weighted by Gasteiger charge is -2.47. The Labute approximate surface area is 158 Å². The van der Waals surface area contributed by atoms with Gasteiger partial charge >= 0.3 is 0 Å². The van der Waals surface area contributed by atoms with E-state index in [2.05, 4.69) is 20.6 Å². The van der Waals surface area contributed by atoms with E-state index in [9.17, 15) is 13.6 Å². The number of nitrogens with zero attached hydrogens (tertiary/aromatic N) is 2. The van der Waals surface area contributed by atoms with Crippen LogP contribution in [0.2, 0.25) is 4.34 Å². The first-order chi connectivity index (χ1) is 12.4. The molecular formula is C17H17ClF2N4OS. The second-order valence-corrected chi connectivity index (χ2v) is 8.50. The number of anilines is 2. The van der Waals surface area contributed by atoms with Gasteiger partial charge < -0.3 is 10.6 Å². The number of rotatable bonds is 4. The van der Waals surface area contributed by atoms with E-state index in [4.69, 9.17) is 11.6 Å². The summed E-state index contributed by atoms with van der Waals surface area (Å²) in [5.74, 6) is -2.19. The van der Waals surface area contributed by atoms with Crippen molar-refractivity contribution in [3.63, 3.8) is 0 Å². The summed E-state index contributed by atoms with van der Waals surface area (Å²) in [5.41, 5.74) is 0.538. The molecule has 0 bridgehead atoms. The molecule has 2 saturated carbocycles. The molecule has 1 atom stereocenters. The molecule has 5 nitrogen and oxygen atoms in total. The molecule has 1 amide bonds. The normalized spacial score (nSPS) is 20.8. The first-order valence-electron chi connectivity index (χ1n) is 8.52. The van der Waals surface area contributed by atoms with Gasteiger partial charge in [-0.25, -0.2) is 4.98 Å². The molecule has 2 aliphatic carbocycles. The lowest BCUT2D eigenvalue weighted by molar-refractivity contribution is 0.0580. The highest BCUT2D eigenvalue weighted by Crippen LogP contribution is 2.53. The number of carbonyl (C=O) groups excluding carboxylic acids is 1. The topological polar surface area (TPSA) is 66.9 Å². The molecule has 0 aromatic carbocycles. The first kappa shape index (κ1) is 17.6. The van der Waals surface area contributed by atoms with E-state index in [0.717, 1.165) is 49.2 Å². The molecule has 0 saturated heterocycles. The van der Waals surface area contributed by atoms with Crippen molar-refractivity contribution in [2.45, 2.75) is 44.6 Å². The second kappa shape index (κ2) is 6.74. The summed E-state index contributed by atoms with van der Waals surface area (Å²) in [4.78, 5) is 19.8. The average molecular weight is 399 g/mol. The van der Waals surface area contributed by atoms with Gasteiger partial charge in [0.15, 0.2) is 10.8 Å². The van der Waals surface area contributed by atoms with Gasteiger partial charge in [0.25, 0.3) is 5.91 Å². The number of thiazole rings is 1. The van der Waals surface area contributed by atoms with Crippen molar-refractivity contribution in [1.29, 1.82) is 0 Å². The van der Waals surface area contributed by atoms with Gasteiger partial charge in [-0.1, -0.05) is 35.8 Å². The first-order valence-corrected chi connectivity index (χ1v) is 9.72. The van der Waals surface area contributed by atoms with Crippen LogP contribution in [0.4, 0.5) is 19.6 Å². The van der Waals surface area contributed by atoms with Crippen LogP contribution in [0.1, 0.15) is 49.0 Å². The van der Waals surface area contributed by atoms with E-state index in [-0.39, 0.29) is 38.2 Å². The maximum Gasteiger partial charge on any atom is 0.272 e. The van der Waals surface area contributed by atoms with Crippen LogP contribution >= 0.6 is 22.9 Å². The second-order valence-electron chi connectivity index (χ2n) is 6.90. The van der Waals surface area contributed by atoms with E-state index in [0.29, 0.717) is 0 Å². The van der Waals surface area contributed by atoms with Crippen LogP contribution in [0.25, 0.3) is 0 Å². The molecular weight excluding hydrogens is 382 g/mol. The fourth-order valence-electron chi connectivity index (χ4n) is 3.98. The molecule has 0 aliphatic heterocycles. The molecule has 2 aromatic rings. The molecule has 0 radical (unpaired) electrons. The smallest absolute Gasteiger partial charge is 0.272 e. The molecule has 4 rings (SSSR count). The largest absolute Gasteiger partial charge is 0.347 e. The zero-order valence-electron chi connectivity index (χ0n) is 13.8. The Morgan fingerprint density at radius 2 is 1.88 bits per heavy atom. The summed E-state index contributed by atoms with van der Waals surface area (Å²) in [5, 5.41) is 6.11. The molecule has 2 heterocycles. The number of amides is 1. The van der Waals surface area contributed by atoms with Crippen molar-refractivity contribution in [1.82, 2.24) is 15.3 Å². The van der Waals surface area contributed by atoms with Crippen molar-refractivity contribution in [3.8, 4) is 0 Å². The number of hydrogen-bond acceptors (Lipinski definition) is 5. The molecule has 2 aromatic heterocycles. The quantitative estimate of drug-likeness (QED) is 0.735. The highest BCUT2D eigenvalue weighted by Gasteiger charge is 2.48. The molecule has 138 valence electrons. The van der Waals surface area contributed by atoms with Crippen molar-refractivity contribution in [3.05, 3.63) is 34.1 Å². The Balaban J connectivity index is 1.46. The lowest BCUT2D eigenvalue weighted by atomic mass is 9.63. The molecule has 1 spiro atoms. The van der Waals surface area contributed by atoms with Gasteiger partial charge in [0, 0.05) is 23.9 Å². The fourth-order valence-corrected chi connectivity index (χ4v) is 5.04. The van der Waals surface area contributed by atoms with E-state index in [1.54, 1.807) is 0 Å². The van der Waals surface area contributed by atoms with E-state index >= 15 is 0 Å². The number of nitrogens with one attached hydrogen (secondary N) is 2. The Kier molecular flexibility index (Phi) is 4.56. The SMILES string of the molecule is O=C(NC1CCC12CCCC2)c1nc(Nc2cc(F)nc(F)c2)sc1Cl. The van der Waals surface area contributed by atoms with Gasteiger partial charge in [-0.15, -0.1) is 0 Å². The van der Waals surface area contributed by atoms with E-state index < -0.39 is 11.9 Å². The monoisotopic (exact) mass is 398 g/mol. The van der Waals surface area contributed by atoms with Crippen LogP contribution in [0.3, 0.4) is 0 Å².